The first kappa shape index (κ1) is 18.2. The summed E-state index contributed by atoms with van der Waals surface area (Å²) in [6, 6.07) is 5.16. The fraction of sp³-hybridized carbons (Fsp3) is 0.450. The van der Waals surface area contributed by atoms with E-state index in [4.69, 9.17) is 0 Å². The molecule has 0 N–H and O–H groups in total. The minimum Gasteiger partial charge on any atom is -0.340 e. The first-order chi connectivity index (χ1) is 12.1. The molecule has 1 aliphatic heterocycles. The number of rotatable bonds is 2. The predicted molar refractivity (Wildman–Crippen MR) is 90.9 cm³/mol. The van der Waals surface area contributed by atoms with Crippen LogP contribution in [0.4, 0.5) is 8.78 Å². The van der Waals surface area contributed by atoms with Gasteiger partial charge in [0.2, 0.25) is 5.91 Å². The van der Waals surface area contributed by atoms with Gasteiger partial charge in [0, 0.05) is 35.5 Å². The number of amides is 1. The molecule has 2 aliphatic rings. The molecule has 1 saturated heterocycles. The van der Waals surface area contributed by atoms with Crippen LogP contribution in [0.15, 0.2) is 29.8 Å². The van der Waals surface area contributed by atoms with Crippen molar-refractivity contribution in [1.82, 2.24) is 4.90 Å². The second kappa shape index (κ2) is 6.01. The average molecular weight is 358 g/mol. The molecule has 1 atom stereocenters. The van der Waals surface area contributed by atoms with Gasteiger partial charge < -0.3 is 4.90 Å². The van der Waals surface area contributed by atoms with Gasteiger partial charge in [-0.15, -0.1) is 0 Å². The molecule has 4 nitrogen and oxygen atoms in total. The molecule has 6 heteroatoms. The lowest BCUT2D eigenvalue weighted by Gasteiger charge is -2.53. The normalized spacial score (nSPS) is 21.6. The van der Waals surface area contributed by atoms with Crippen LogP contribution in [-0.2, 0) is 9.59 Å². The van der Waals surface area contributed by atoms with Gasteiger partial charge in [0.05, 0.1) is 11.5 Å². The molecule has 1 fully saturated rings. The molecule has 0 bridgehead atoms. The van der Waals surface area contributed by atoms with E-state index in [-0.39, 0.29) is 28.2 Å². The summed E-state index contributed by atoms with van der Waals surface area (Å²) >= 11 is 0. The van der Waals surface area contributed by atoms with Crippen molar-refractivity contribution >= 4 is 11.7 Å². The zero-order valence-corrected chi connectivity index (χ0v) is 15.0. The highest BCUT2D eigenvalue weighted by Gasteiger charge is 2.52. The second-order valence-corrected chi connectivity index (χ2v) is 8.00. The summed E-state index contributed by atoms with van der Waals surface area (Å²) in [7, 11) is 0. The van der Waals surface area contributed by atoms with Gasteiger partial charge in [-0.05, 0) is 19.4 Å². The summed E-state index contributed by atoms with van der Waals surface area (Å²) < 4.78 is 27.0. The zero-order chi connectivity index (χ0) is 19.3. The number of Topliss-reactive ketones (excluding diaryl/α,β-unsaturated/α-hetero) is 1. The van der Waals surface area contributed by atoms with Gasteiger partial charge in [0.1, 0.15) is 17.7 Å². The lowest BCUT2D eigenvalue weighted by atomic mass is 9.61. The third-order valence-corrected chi connectivity index (χ3v) is 5.35. The van der Waals surface area contributed by atoms with E-state index in [0.29, 0.717) is 19.5 Å². The second-order valence-electron chi connectivity index (χ2n) is 8.00. The van der Waals surface area contributed by atoms with Crippen LogP contribution in [0.2, 0.25) is 0 Å². The molecule has 0 saturated carbocycles. The van der Waals surface area contributed by atoms with Crippen LogP contribution in [0, 0.1) is 33.8 Å². The highest BCUT2D eigenvalue weighted by Crippen LogP contribution is 2.48. The molecule has 1 aliphatic carbocycles. The molecule has 3 rings (SSSR count). The van der Waals surface area contributed by atoms with Crippen LogP contribution in [0.25, 0.3) is 0 Å². The Morgan fingerprint density at radius 1 is 1.31 bits per heavy atom. The van der Waals surface area contributed by atoms with E-state index in [0.717, 1.165) is 12.1 Å². The largest absolute Gasteiger partial charge is 0.340 e. The molecule has 0 aromatic heterocycles. The van der Waals surface area contributed by atoms with Crippen molar-refractivity contribution in [2.24, 2.45) is 10.8 Å². The van der Waals surface area contributed by atoms with Gasteiger partial charge in [-0.1, -0.05) is 26.0 Å². The maximum Gasteiger partial charge on any atom is 0.230 e. The van der Waals surface area contributed by atoms with Crippen LogP contribution >= 0.6 is 0 Å². The maximum absolute atomic E-state index is 13.9. The first-order valence-electron chi connectivity index (χ1n) is 8.50. The Kier molecular flexibility index (Phi) is 4.22. The number of carbonyl (C=O) groups excluding carboxylic acids is 2. The number of halogens is 2. The van der Waals surface area contributed by atoms with Gasteiger partial charge in [0.15, 0.2) is 5.78 Å². The van der Waals surface area contributed by atoms with Crippen LogP contribution in [0.1, 0.15) is 38.7 Å². The van der Waals surface area contributed by atoms with E-state index in [1.165, 1.54) is 6.07 Å². The Morgan fingerprint density at radius 3 is 2.54 bits per heavy atom. The maximum atomic E-state index is 13.9. The topological polar surface area (TPSA) is 61.2 Å². The highest BCUT2D eigenvalue weighted by atomic mass is 19.1. The minimum absolute atomic E-state index is 0.144. The first-order valence-corrected chi connectivity index (χ1v) is 8.50. The van der Waals surface area contributed by atoms with E-state index in [2.05, 4.69) is 0 Å². The van der Waals surface area contributed by atoms with E-state index >= 15 is 0 Å². The average Bonchev–Trinajstić information content (AvgIpc) is 2.53. The smallest absolute Gasteiger partial charge is 0.230 e. The van der Waals surface area contributed by atoms with Crippen molar-refractivity contribution in [3.05, 3.63) is 47.0 Å². The Hall–Kier alpha value is -2.55. The number of nitrogens with zero attached hydrogens (tertiary/aromatic N) is 2. The molecular formula is C20H20F2N2O2. The third kappa shape index (κ3) is 2.92. The zero-order valence-electron chi connectivity index (χ0n) is 15.0. The number of allylic oxidation sites excluding steroid dienone is 1. The fourth-order valence-electron chi connectivity index (χ4n) is 4.16. The monoisotopic (exact) mass is 358 g/mol. The standard InChI is InChI=1S/C20H20F2N2O2/c1-12(15-5-4-14(21)6-16(15)22)18(26)24-10-20(11-24)7-13(8-23)17(25)19(2,3)9-20/h4-7,12H,9-11H2,1-3H3. The Balaban J connectivity index is 1.77. The van der Waals surface area contributed by atoms with Crippen molar-refractivity contribution in [3.8, 4) is 6.07 Å². The Morgan fingerprint density at radius 2 is 1.96 bits per heavy atom. The molecule has 1 aromatic rings. The number of carbonyl (C=O) groups is 2. The van der Waals surface area contributed by atoms with Gasteiger partial charge in [-0.3, -0.25) is 9.59 Å². The van der Waals surface area contributed by atoms with Crippen LogP contribution < -0.4 is 0 Å². The summed E-state index contributed by atoms with van der Waals surface area (Å²) in [5, 5.41) is 9.22. The number of hydrogen-bond acceptors (Lipinski definition) is 3. The predicted octanol–water partition coefficient (Wildman–Crippen LogP) is 3.35. The molecule has 1 aromatic carbocycles. The van der Waals surface area contributed by atoms with E-state index in [1.54, 1.807) is 17.9 Å². The number of ketones is 1. The van der Waals surface area contributed by atoms with Crippen LogP contribution in [0.5, 0.6) is 0 Å². The van der Waals surface area contributed by atoms with E-state index < -0.39 is 23.0 Å². The van der Waals surface area contributed by atoms with Gasteiger partial charge >= 0.3 is 0 Å². The molecule has 1 unspecified atom stereocenters. The number of nitriles is 1. The number of benzene rings is 1. The van der Waals surface area contributed by atoms with Crippen LogP contribution in [0.3, 0.4) is 0 Å². The van der Waals surface area contributed by atoms with Crippen molar-refractivity contribution in [1.29, 1.82) is 5.26 Å². The fourth-order valence-corrected chi connectivity index (χ4v) is 4.16. The van der Waals surface area contributed by atoms with Crippen molar-refractivity contribution in [2.45, 2.75) is 33.1 Å². The SMILES string of the molecule is CC(C(=O)N1CC2(C=C(C#N)C(=O)C(C)(C)C2)C1)c1ccc(F)cc1F. The molecule has 26 heavy (non-hydrogen) atoms. The highest BCUT2D eigenvalue weighted by molar-refractivity contribution is 6.04. The Bertz CT molecular complexity index is 861. The summed E-state index contributed by atoms with van der Waals surface area (Å²) in [5.41, 5.74) is -0.737. The third-order valence-electron chi connectivity index (χ3n) is 5.35. The molecule has 136 valence electrons. The quantitative estimate of drug-likeness (QED) is 0.815. The van der Waals surface area contributed by atoms with Crippen molar-refractivity contribution < 1.29 is 18.4 Å². The number of hydrogen-bond donors (Lipinski definition) is 0. The Labute approximate surface area is 151 Å². The summed E-state index contributed by atoms with van der Waals surface area (Å²) in [6.07, 6.45) is 2.25. The van der Waals surface area contributed by atoms with Crippen molar-refractivity contribution in [3.63, 3.8) is 0 Å². The summed E-state index contributed by atoms with van der Waals surface area (Å²) in [6.45, 7) is 5.99. The van der Waals surface area contributed by atoms with E-state index in [1.807, 2.05) is 19.9 Å². The molecule has 1 amide bonds. The lowest BCUT2D eigenvalue weighted by molar-refractivity contribution is -0.145. The minimum atomic E-state index is -0.739. The van der Waals surface area contributed by atoms with Crippen LogP contribution in [-0.4, -0.2) is 29.7 Å². The van der Waals surface area contributed by atoms with E-state index in [9.17, 15) is 23.6 Å². The molecule has 1 heterocycles. The molecule has 1 spiro atoms. The van der Waals surface area contributed by atoms with Gasteiger partial charge in [0.25, 0.3) is 0 Å². The molecular weight excluding hydrogens is 338 g/mol. The molecule has 0 radical (unpaired) electrons. The summed E-state index contributed by atoms with van der Waals surface area (Å²) in [5.74, 6) is -2.57. The lowest BCUT2D eigenvalue weighted by Crippen LogP contribution is -2.61. The van der Waals surface area contributed by atoms with Gasteiger partial charge in [-0.25, -0.2) is 8.78 Å². The number of likely N-dealkylation sites (tertiary alicyclic amines) is 1. The van der Waals surface area contributed by atoms with Gasteiger partial charge in [-0.2, -0.15) is 5.26 Å². The van der Waals surface area contributed by atoms with Crippen molar-refractivity contribution in [2.75, 3.05) is 13.1 Å². The summed E-state index contributed by atoms with van der Waals surface area (Å²) in [4.78, 5) is 26.5.